The van der Waals surface area contributed by atoms with Crippen LogP contribution in [-0.4, -0.2) is 35.7 Å². The first-order chi connectivity index (χ1) is 8.04. The molecule has 0 aliphatic carbocycles. The zero-order valence-electron chi connectivity index (χ0n) is 10.8. The Hall–Kier alpha value is -0.720. The molecule has 0 saturated heterocycles. The molecule has 0 aromatic carbocycles. The Balaban J connectivity index is 2.21. The van der Waals surface area contributed by atoms with Crippen LogP contribution in [0.5, 0.6) is 0 Å². The van der Waals surface area contributed by atoms with Gasteiger partial charge in [0.25, 0.3) is 0 Å². The van der Waals surface area contributed by atoms with Crippen molar-refractivity contribution >= 4 is 16.7 Å². The van der Waals surface area contributed by atoms with Crippen molar-refractivity contribution in [2.75, 3.05) is 31.6 Å². The number of ether oxygens (including phenoxy) is 1. The minimum Gasteiger partial charge on any atom is -0.380 e. The van der Waals surface area contributed by atoms with Gasteiger partial charge in [0.05, 0.1) is 6.61 Å². The van der Waals surface area contributed by atoms with Gasteiger partial charge < -0.3 is 15.8 Å². The topological polar surface area (TPSA) is 73.1 Å². The van der Waals surface area contributed by atoms with Crippen LogP contribution in [0.25, 0.3) is 0 Å². The zero-order valence-corrected chi connectivity index (χ0v) is 11.6. The van der Waals surface area contributed by atoms with Gasteiger partial charge in [0.2, 0.25) is 5.13 Å². The molecule has 1 heterocycles. The van der Waals surface area contributed by atoms with E-state index < -0.39 is 0 Å². The van der Waals surface area contributed by atoms with E-state index in [-0.39, 0.29) is 5.41 Å². The molecule has 6 heteroatoms. The summed E-state index contributed by atoms with van der Waals surface area (Å²) < 4.78 is 9.62. The summed E-state index contributed by atoms with van der Waals surface area (Å²) in [6.45, 7) is 9.13. The Labute approximate surface area is 107 Å². The van der Waals surface area contributed by atoms with E-state index >= 15 is 0 Å². The quantitative estimate of drug-likeness (QED) is 0.727. The molecule has 0 amide bonds. The van der Waals surface area contributed by atoms with Gasteiger partial charge in [-0.2, -0.15) is 4.37 Å². The molecule has 0 saturated carbocycles. The normalized spacial score (nSPS) is 11.8. The Morgan fingerprint density at radius 3 is 2.71 bits per heavy atom. The summed E-state index contributed by atoms with van der Waals surface area (Å²) in [6.07, 6.45) is 0.949. The van der Waals surface area contributed by atoms with Crippen LogP contribution in [0.2, 0.25) is 0 Å². The predicted octanol–water partition coefficient (Wildman–Crippen LogP) is 1.61. The molecule has 0 aliphatic rings. The number of nitrogens with one attached hydrogen (secondary N) is 1. The molecule has 0 unspecified atom stereocenters. The van der Waals surface area contributed by atoms with Crippen LogP contribution in [0, 0.1) is 0 Å². The van der Waals surface area contributed by atoms with E-state index in [0.29, 0.717) is 13.2 Å². The first kappa shape index (κ1) is 14.3. The summed E-state index contributed by atoms with van der Waals surface area (Å²) in [4.78, 5) is 4.45. The lowest BCUT2D eigenvalue weighted by molar-refractivity contribution is 0.141. The second-order valence-electron chi connectivity index (χ2n) is 4.85. The van der Waals surface area contributed by atoms with Gasteiger partial charge in [-0.1, -0.05) is 20.8 Å². The van der Waals surface area contributed by atoms with E-state index in [1.54, 1.807) is 0 Å². The first-order valence-electron chi connectivity index (χ1n) is 5.90. The maximum atomic E-state index is 5.32. The number of nitrogens with zero attached hydrogens (tertiary/aromatic N) is 2. The number of nitrogens with two attached hydrogens (primary N) is 1. The Morgan fingerprint density at radius 2 is 2.12 bits per heavy atom. The molecule has 0 fully saturated rings. The lowest BCUT2D eigenvalue weighted by atomic mass is 9.96. The Morgan fingerprint density at radius 1 is 1.35 bits per heavy atom. The van der Waals surface area contributed by atoms with Gasteiger partial charge in [-0.25, -0.2) is 4.98 Å². The van der Waals surface area contributed by atoms with Crippen LogP contribution in [0.15, 0.2) is 0 Å². The fraction of sp³-hybridized carbons (Fsp3) is 0.818. The van der Waals surface area contributed by atoms with Crippen molar-refractivity contribution < 1.29 is 4.74 Å². The standard InChI is InChI=1S/C11H22N4OS/c1-11(2,3)9-14-10(17-15-9)13-6-4-7-16-8-5-12/h4-8,12H2,1-3H3,(H,13,14,15). The highest BCUT2D eigenvalue weighted by Crippen LogP contribution is 2.22. The number of hydrogen-bond acceptors (Lipinski definition) is 6. The summed E-state index contributed by atoms with van der Waals surface area (Å²) in [5, 5.41) is 4.13. The van der Waals surface area contributed by atoms with Gasteiger partial charge in [-0.05, 0) is 6.42 Å². The maximum Gasteiger partial charge on any atom is 0.202 e. The van der Waals surface area contributed by atoms with Crippen LogP contribution in [0.3, 0.4) is 0 Å². The number of hydrogen-bond donors (Lipinski definition) is 2. The molecule has 98 valence electrons. The number of aromatic nitrogens is 2. The van der Waals surface area contributed by atoms with Crippen molar-refractivity contribution in [1.82, 2.24) is 9.36 Å². The van der Waals surface area contributed by atoms with Gasteiger partial charge >= 0.3 is 0 Å². The third-order valence-corrected chi connectivity index (χ3v) is 2.77. The van der Waals surface area contributed by atoms with Crippen LogP contribution in [0.1, 0.15) is 33.0 Å². The van der Waals surface area contributed by atoms with Crippen molar-refractivity contribution in [3.63, 3.8) is 0 Å². The minimum absolute atomic E-state index is 0.0146. The smallest absolute Gasteiger partial charge is 0.202 e. The summed E-state index contributed by atoms with van der Waals surface area (Å²) in [5.41, 5.74) is 5.34. The van der Waals surface area contributed by atoms with Gasteiger partial charge in [-0.15, -0.1) is 0 Å². The lowest BCUT2D eigenvalue weighted by Gasteiger charge is -2.12. The van der Waals surface area contributed by atoms with Gasteiger partial charge in [-0.3, -0.25) is 0 Å². The fourth-order valence-corrected chi connectivity index (χ4v) is 1.94. The molecule has 1 rings (SSSR count). The largest absolute Gasteiger partial charge is 0.380 e. The van der Waals surface area contributed by atoms with Crippen molar-refractivity contribution in [2.24, 2.45) is 5.73 Å². The van der Waals surface area contributed by atoms with E-state index in [0.717, 1.165) is 30.5 Å². The molecule has 3 N–H and O–H groups in total. The third kappa shape index (κ3) is 5.43. The van der Waals surface area contributed by atoms with E-state index in [4.69, 9.17) is 10.5 Å². The molecular formula is C11H22N4OS. The summed E-state index contributed by atoms with van der Waals surface area (Å²) >= 11 is 1.41. The monoisotopic (exact) mass is 258 g/mol. The highest BCUT2D eigenvalue weighted by Gasteiger charge is 2.19. The SMILES string of the molecule is CC(C)(C)c1nsc(NCCCOCCN)n1. The highest BCUT2D eigenvalue weighted by molar-refractivity contribution is 7.09. The van der Waals surface area contributed by atoms with Crippen LogP contribution < -0.4 is 11.1 Å². The second kappa shape index (κ2) is 6.88. The molecule has 0 bridgehead atoms. The average molecular weight is 258 g/mol. The molecule has 0 spiro atoms. The summed E-state index contributed by atoms with van der Waals surface area (Å²) in [6, 6.07) is 0. The molecule has 0 radical (unpaired) electrons. The predicted molar refractivity (Wildman–Crippen MR) is 71.6 cm³/mol. The second-order valence-corrected chi connectivity index (χ2v) is 5.61. The first-order valence-corrected chi connectivity index (χ1v) is 6.67. The van der Waals surface area contributed by atoms with E-state index in [1.807, 2.05) is 0 Å². The summed E-state index contributed by atoms with van der Waals surface area (Å²) in [7, 11) is 0. The van der Waals surface area contributed by atoms with E-state index in [9.17, 15) is 0 Å². The van der Waals surface area contributed by atoms with Crippen molar-refractivity contribution in [3.8, 4) is 0 Å². The Bertz CT molecular complexity index is 322. The average Bonchev–Trinajstić information content (AvgIpc) is 2.71. The van der Waals surface area contributed by atoms with Crippen LogP contribution in [0.4, 0.5) is 5.13 Å². The van der Waals surface area contributed by atoms with Crippen LogP contribution >= 0.6 is 11.5 Å². The fourth-order valence-electron chi connectivity index (χ4n) is 1.15. The van der Waals surface area contributed by atoms with E-state index in [1.165, 1.54) is 11.5 Å². The van der Waals surface area contributed by atoms with E-state index in [2.05, 4.69) is 35.4 Å². The van der Waals surface area contributed by atoms with Gasteiger partial charge in [0.15, 0.2) is 0 Å². The molecule has 0 atom stereocenters. The zero-order chi connectivity index (χ0) is 12.7. The minimum atomic E-state index is 0.0146. The molecular weight excluding hydrogens is 236 g/mol. The highest BCUT2D eigenvalue weighted by atomic mass is 32.1. The molecule has 17 heavy (non-hydrogen) atoms. The number of anilines is 1. The van der Waals surface area contributed by atoms with Crippen molar-refractivity contribution in [3.05, 3.63) is 5.82 Å². The van der Waals surface area contributed by atoms with Gasteiger partial charge in [0.1, 0.15) is 5.82 Å². The maximum absolute atomic E-state index is 5.32. The van der Waals surface area contributed by atoms with Crippen LogP contribution in [-0.2, 0) is 10.2 Å². The molecule has 1 aromatic heterocycles. The molecule has 1 aromatic rings. The van der Waals surface area contributed by atoms with Gasteiger partial charge in [0, 0.05) is 36.6 Å². The van der Waals surface area contributed by atoms with Crippen molar-refractivity contribution in [2.45, 2.75) is 32.6 Å². The Kier molecular flexibility index (Phi) is 5.80. The number of rotatable bonds is 7. The molecule has 5 nitrogen and oxygen atoms in total. The third-order valence-electron chi connectivity index (χ3n) is 2.10. The summed E-state index contributed by atoms with van der Waals surface area (Å²) in [5.74, 6) is 0.893. The van der Waals surface area contributed by atoms with Crippen molar-refractivity contribution in [1.29, 1.82) is 0 Å². The lowest BCUT2D eigenvalue weighted by Crippen LogP contribution is -2.14. The molecule has 0 aliphatic heterocycles.